The molecule has 4 nitrogen and oxygen atoms in total. The van der Waals surface area contributed by atoms with Crippen molar-refractivity contribution in [1.29, 1.82) is 0 Å². The minimum absolute atomic E-state index is 0.484. The lowest BCUT2D eigenvalue weighted by Crippen LogP contribution is -2.10. The molecule has 0 spiro atoms. The second-order valence-corrected chi connectivity index (χ2v) is 5.64. The molecule has 0 bridgehead atoms. The van der Waals surface area contributed by atoms with Crippen molar-refractivity contribution >= 4 is 19.7 Å². The molecule has 13 heavy (non-hydrogen) atoms. The second kappa shape index (κ2) is 3.67. The maximum atomic E-state index is 11.0. The number of aromatic nitrogens is 2. The number of halogens is 1. The fourth-order valence-corrected chi connectivity index (χ4v) is 1.76. The van der Waals surface area contributed by atoms with Crippen LogP contribution >= 0.6 is 10.7 Å². The van der Waals surface area contributed by atoms with Gasteiger partial charge in [-0.1, -0.05) is 0 Å². The molecule has 1 aromatic rings. The number of rotatable bonds is 3. The van der Waals surface area contributed by atoms with Gasteiger partial charge in [-0.05, 0) is 13.8 Å². The second-order valence-electron chi connectivity index (χ2n) is 2.69. The molecule has 1 rings (SSSR count). The van der Waals surface area contributed by atoms with Crippen LogP contribution in [0.15, 0.2) is 12.4 Å². The third kappa shape index (κ3) is 2.22. The molecule has 0 aliphatic carbocycles. The zero-order chi connectivity index (χ0) is 10.1. The van der Waals surface area contributed by atoms with Crippen LogP contribution < -0.4 is 0 Å². The topological polar surface area (TPSA) is 52.0 Å². The van der Waals surface area contributed by atoms with Crippen molar-refractivity contribution in [1.82, 2.24) is 9.55 Å². The smallest absolute Gasteiger partial charge is 0.242 e. The quantitative estimate of drug-likeness (QED) is 0.729. The zero-order valence-corrected chi connectivity index (χ0v) is 9.01. The normalized spacial score (nSPS) is 14.4. The number of imidazole rings is 1. The monoisotopic (exact) mass is 222 g/mol. The summed E-state index contributed by atoms with van der Waals surface area (Å²) in [6.07, 6.45) is 3.30. The van der Waals surface area contributed by atoms with Gasteiger partial charge in [0.05, 0.1) is 0 Å². The van der Waals surface area contributed by atoms with Crippen LogP contribution in [0.1, 0.15) is 24.9 Å². The molecular formula is C7H11ClN2O2S. The fraction of sp³-hybridized carbons (Fsp3) is 0.571. The highest BCUT2D eigenvalue weighted by atomic mass is 35.7. The van der Waals surface area contributed by atoms with E-state index in [1.807, 2.05) is 6.92 Å². The van der Waals surface area contributed by atoms with Crippen LogP contribution in [0.25, 0.3) is 0 Å². The Morgan fingerprint density at radius 2 is 2.31 bits per heavy atom. The first-order valence-electron chi connectivity index (χ1n) is 3.91. The molecule has 0 unspecified atom stereocenters. The Bertz CT molecular complexity index is 385. The zero-order valence-electron chi connectivity index (χ0n) is 7.44. The summed E-state index contributed by atoms with van der Waals surface area (Å²) in [7, 11) is 1.65. The van der Waals surface area contributed by atoms with E-state index in [4.69, 9.17) is 10.7 Å². The van der Waals surface area contributed by atoms with Gasteiger partial charge in [0.25, 0.3) is 0 Å². The minimum Gasteiger partial charge on any atom is -0.334 e. The lowest BCUT2D eigenvalue weighted by atomic mass is 10.4. The first-order chi connectivity index (χ1) is 5.96. The van der Waals surface area contributed by atoms with E-state index in [1.54, 1.807) is 17.0 Å². The minimum atomic E-state index is -3.57. The van der Waals surface area contributed by atoms with E-state index < -0.39 is 14.3 Å². The van der Waals surface area contributed by atoms with Gasteiger partial charge in [-0.3, -0.25) is 0 Å². The summed E-state index contributed by atoms with van der Waals surface area (Å²) >= 11 is 0. The molecule has 0 fully saturated rings. The fourth-order valence-electron chi connectivity index (χ4n) is 1.07. The van der Waals surface area contributed by atoms with Crippen molar-refractivity contribution in [2.24, 2.45) is 0 Å². The van der Waals surface area contributed by atoms with Crippen molar-refractivity contribution in [2.45, 2.75) is 25.6 Å². The molecule has 1 atom stereocenters. The van der Waals surface area contributed by atoms with Gasteiger partial charge in [0.2, 0.25) is 9.05 Å². The Labute approximate surface area is 82.0 Å². The van der Waals surface area contributed by atoms with Crippen LogP contribution in [-0.4, -0.2) is 18.0 Å². The van der Waals surface area contributed by atoms with Crippen LogP contribution in [0.3, 0.4) is 0 Å². The number of aryl methyl sites for hydroxylation is 1. The Morgan fingerprint density at radius 1 is 1.69 bits per heavy atom. The van der Waals surface area contributed by atoms with E-state index in [9.17, 15) is 8.42 Å². The summed E-state index contributed by atoms with van der Waals surface area (Å²) in [4.78, 5) is 3.95. The van der Waals surface area contributed by atoms with Gasteiger partial charge in [-0.15, -0.1) is 0 Å². The number of nitrogens with zero attached hydrogens (tertiary/aromatic N) is 2. The van der Waals surface area contributed by atoms with Gasteiger partial charge in [0.1, 0.15) is 11.1 Å². The van der Waals surface area contributed by atoms with Gasteiger partial charge in [-0.25, -0.2) is 13.4 Å². The van der Waals surface area contributed by atoms with Gasteiger partial charge >= 0.3 is 0 Å². The highest BCUT2D eigenvalue weighted by Gasteiger charge is 2.23. The van der Waals surface area contributed by atoms with Crippen LogP contribution in [-0.2, 0) is 15.6 Å². The summed E-state index contributed by atoms with van der Waals surface area (Å²) in [5.74, 6) is 0.484. The molecule has 1 aromatic heterocycles. The maximum Gasteiger partial charge on any atom is 0.242 e. The third-order valence-corrected chi connectivity index (χ3v) is 3.73. The summed E-state index contributed by atoms with van der Waals surface area (Å²) in [6, 6.07) is 0. The van der Waals surface area contributed by atoms with E-state index in [2.05, 4.69) is 4.98 Å². The van der Waals surface area contributed by atoms with Gasteiger partial charge in [-0.2, -0.15) is 0 Å². The number of hydrogen-bond acceptors (Lipinski definition) is 3. The van der Waals surface area contributed by atoms with Crippen molar-refractivity contribution in [3.05, 3.63) is 18.2 Å². The Kier molecular flexibility index (Phi) is 2.98. The Morgan fingerprint density at radius 3 is 2.77 bits per heavy atom. The van der Waals surface area contributed by atoms with Crippen LogP contribution in [0.4, 0.5) is 0 Å². The van der Waals surface area contributed by atoms with Crippen molar-refractivity contribution in [2.75, 3.05) is 0 Å². The largest absolute Gasteiger partial charge is 0.334 e. The first-order valence-corrected chi connectivity index (χ1v) is 6.28. The van der Waals surface area contributed by atoms with Gasteiger partial charge < -0.3 is 4.57 Å². The summed E-state index contributed by atoms with van der Waals surface area (Å²) < 4.78 is 23.8. The molecule has 0 aromatic carbocycles. The van der Waals surface area contributed by atoms with E-state index >= 15 is 0 Å². The highest BCUT2D eigenvalue weighted by Crippen LogP contribution is 2.23. The third-order valence-electron chi connectivity index (χ3n) is 1.87. The molecule has 0 aliphatic heterocycles. The van der Waals surface area contributed by atoms with E-state index in [0.717, 1.165) is 0 Å². The molecule has 0 N–H and O–H groups in total. The summed E-state index contributed by atoms with van der Waals surface area (Å²) in [6.45, 7) is 4.13. The van der Waals surface area contributed by atoms with E-state index in [-0.39, 0.29) is 0 Å². The molecule has 1 heterocycles. The van der Waals surface area contributed by atoms with Gasteiger partial charge in [0, 0.05) is 29.6 Å². The van der Waals surface area contributed by atoms with Crippen LogP contribution in [0.5, 0.6) is 0 Å². The molecule has 0 saturated carbocycles. The average molecular weight is 223 g/mol. The summed E-state index contributed by atoms with van der Waals surface area (Å²) in [5, 5.41) is -0.760. The molecule has 0 radical (unpaired) electrons. The Hall–Kier alpha value is -0.550. The predicted octanol–water partition coefficient (Wildman–Crippen LogP) is 1.53. The van der Waals surface area contributed by atoms with Gasteiger partial charge in [0.15, 0.2) is 0 Å². The molecule has 0 saturated heterocycles. The number of hydrogen-bond donors (Lipinski definition) is 0. The first kappa shape index (κ1) is 10.5. The predicted molar refractivity (Wildman–Crippen MR) is 51.1 cm³/mol. The molecule has 0 aliphatic rings. The molecule has 74 valence electrons. The van der Waals surface area contributed by atoms with Crippen molar-refractivity contribution in [3.8, 4) is 0 Å². The molecular weight excluding hydrogens is 212 g/mol. The van der Waals surface area contributed by atoms with Crippen LogP contribution in [0, 0.1) is 0 Å². The summed E-state index contributed by atoms with van der Waals surface area (Å²) in [5.41, 5.74) is 0. The molecule has 0 amide bonds. The SMILES string of the molecule is CCn1ccnc1[C@H](C)S(=O)(=O)Cl. The van der Waals surface area contributed by atoms with Crippen molar-refractivity contribution in [3.63, 3.8) is 0 Å². The maximum absolute atomic E-state index is 11.0. The van der Waals surface area contributed by atoms with E-state index in [0.29, 0.717) is 12.4 Å². The lowest BCUT2D eigenvalue weighted by molar-refractivity contribution is 0.591. The standard InChI is InChI=1S/C7H11ClN2O2S/c1-3-10-5-4-9-7(10)6(2)13(8,11)12/h4-6H,3H2,1-2H3/t6-/m0/s1. The Balaban J connectivity index is 3.08. The lowest BCUT2D eigenvalue weighted by Gasteiger charge is -2.08. The molecule has 6 heteroatoms. The average Bonchev–Trinajstić information content (AvgIpc) is 2.48. The highest BCUT2D eigenvalue weighted by molar-refractivity contribution is 8.13. The van der Waals surface area contributed by atoms with Crippen molar-refractivity contribution < 1.29 is 8.42 Å². The van der Waals surface area contributed by atoms with Crippen LogP contribution in [0.2, 0.25) is 0 Å². The van der Waals surface area contributed by atoms with E-state index in [1.165, 1.54) is 6.92 Å².